The van der Waals surface area contributed by atoms with E-state index in [1.165, 1.54) is 0 Å². The average Bonchev–Trinajstić information content (AvgIpc) is 1.85. The van der Waals surface area contributed by atoms with Crippen molar-refractivity contribution in [2.75, 3.05) is 6.54 Å². The second-order valence-electron chi connectivity index (χ2n) is 1.97. The third-order valence-electron chi connectivity index (χ3n) is 0.954. The zero-order valence-corrected chi connectivity index (χ0v) is 13.0. The van der Waals surface area contributed by atoms with Crippen LogP contribution in [0.3, 0.4) is 0 Å². The maximum absolute atomic E-state index is 10.3. The molecular weight excluding hydrogens is 235 g/mol. The molecule has 14 heavy (non-hydrogen) atoms. The topological polar surface area (TPSA) is 121 Å². The molecule has 0 aliphatic carbocycles. The molecule has 0 aliphatic heterocycles. The fourth-order valence-corrected chi connectivity index (χ4v) is 0.633. The van der Waals surface area contributed by atoms with Crippen molar-refractivity contribution in [3.8, 4) is 0 Å². The van der Waals surface area contributed by atoms with E-state index in [4.69, 9.17) is 5.21 Å². The number of carbonyl (C=O) groups is 2. The number of carbonyl (C=O) groups excluding carboxylic acids is 2. The van der Waals surface area contributed by atoms with Crippen LogP contribution >= 0.6 is 7.60 Å². The van der Waals surface area contributed by atoms with Gasteiger partial charge in [-0.1, -0.05) is 0 Å². The Balaban J connectivity index is -0.000000605. The van der Waals surface area contributed by atoms with E-state index in [2.05, 4.69) is 0 Å². The van der Waals surface area contributed by atoms with Gasteiger partial charge < -0.3 is 14.4 Å². The molecular formula is C4H6NNa2O6P. The van der Waals surface area contributed by atoms with Gasteiger partial charge in [-0.15, -0.1) is 0 Å². The summed E-state index contributed by atoms with van der Waals surface area (Å²) >= 11 is 0. The smallest absolute Gasteiger partial charge is 0.805 e. The van der Waals surface area contributed by atoms with Gasteiger partial charge in [0.1, 0.15) is 6.54 Å². The van der Waals surface area contributed by atoms with Gasteiger partial charge >= 0.3 is 59.1 Å². The Morgan fingerprint density at radius 1 is 1.36 bits per heavy atom. The summed E-state index contributed by atoms with van der Waals surface area (Å²) in [6.07, 6.45) is 0. The zero-order chi connectivity index (χ0) is 9.94. The normalized spacial score (nSPS) is 9.43. The molecule has 0 unspecified atom stereocenters. The first-order valence-corrected chi connectivity index (χ1v) is 4.32. The fraction of sp³-hybridized carbons (Fsp3) is 0.500. The average molecular weight is 241 g/mol. The molecule has 0 aromatic rings. The Bertz CT molecular complexity index is 252. The van der Waals surface area contributed by atoms with Crippen LogP contribution in [0.25, 0.3) is 0 Å². The zero-order valence-electron chi connectivity index (χ0n) is 8.09. The van der Waals surface area contributed by atoms with Gasteiger partial charge in [-0.3, -0.25) is 14.8 Å². The largest absolute Gasteiger partial charge is 1.00 e. The van der Waals surface area contributed by atoms with Gasteiger partial charge in [0, 0.05) is 14.5 Å². The Kier molecular flexibility index (Phi) is 12.4. The van der Waals surface area contributed by atoms with Crippen LogP contribution in [0.4, 0.5) is 0 Å². The van der Waals surface area contributed by atoms with Crippen molar-refractivity contribution in [1.29, 1.82) is 0 Å². The van der Waals surface area contributed by atoms with Crippen LogP contribution < -0.4 is 68.9 Å². The van der Waals surface area contributed by atoms with Crippen LogP contribution in [-0.4, -0.2) is 28.2 Å². The number of hydroxylamine groups is 2. The summed E-state index contributed by atoms with van der Waals surface area (Å²) in [5.41, 5.74) is -1.72. The monoisotopic (exact) mass is 241 g/mol. The van der Waals surface area contributed by atoms with Crippen molar-refractivity contribution >= 4 is 19.0 Å². The Hall–Kier alpha value is 1.25. The first-order valence-electron chi connectivity index (χ1n) is 2.77. The van der Waals surface area contributed by atoms with Gasteiger partial charge in [0.15, 0.2) is 5.52 Å². The van der Waals surface area contributed by atoms with Crippen LogP contribution in [0.1, 0.15) is 6.92 Å². The molecule has 0 spiro atoms. The molecule has 0 heterocycles. The second-order valence-corrected chi connectivity index (χ2v) is 3.46. The van der Waals surface area contributed by atoms with Crippen LogP contribution in [0.2, 0.25) is 0 Å². The number of nitrogens with zero attached hydrogens (tertiary/aromatic N) is 1. The van der Waals surface area contributed by atoms with E-state index in [-0.39, 0.29) is 64.2 Å². The first kappa shape index (κ1) is 20.6. The van der Waals surface area contributed by atoms with Gasteiger partial charge in [0.25, 0.3) is 0 Å². The summed E-state index contributed by atoms with van der Waals surface area (Å²) in [5, 5.41) is 8.38. The second kappa shape index (κ2) is 8.41. The van der Waals surface area contributed by atoms with E-state index < -0.39 is 25.6 Å². The maximum Gasteiger partial charge on any atom is 1.00 e. The predicted molar refractivity (Wildman–Crippen MR) is 31.8 cm³/mol. The molecule has 1 amide bonds. The Labute approximate surface area is 125 Å². The van der Waals surface area contributed by atoms with E-state index in [9.17, 15) is 23.9 Å². The summed E-state index contributed by atoms with van der Waals surface area (Å²) in [6.45, 7) is -0.215. The van der Waals surface area contributed by atoms with Crippen LogP contribution in [-0.2, 0) is 14.2 Å². The minimum Gasteiger partial charge on any atom is -0.805 e. The van der Waals surface area contributed by atoms with Crippen LogP contribution in [0.15, 0.2) is 0 Å². The predicted octanol–water partition coefficient (Wildman–Crippen LogP) is -8.33. The Morgan fingerprint density at radius 3 is 1.93 bits per heavy atom. The molecule has 0 bridgehead atoms. The molecule has 10 heteroatoms. The third-order valence-corrected chi connectivity index (χ3v) is 1.71. The molecule has 70 valence electrons. The molecule has 0 saturated heterocycles. The summed E-state index contributed by atoms with van der Waals surface area (Å²) in [5.74, 6) is -0.920. The van der Waals surface area contributed by atoms with Crippen molar-refractivity contribution in [2.24, 2.45) is 0 Å². The number of hydrogen-bond acceptors (Lipinski definition) is 6. The van der Waals surface area contributed by atoms with Crippen molar-refractivity contribution in [3.05, 3.63) is 0 Å². The van der Waals surface area contributed by atoms with E-state index in [1.54, 1.807) is 0 Å². The van der Waals surface area contributed by atoms with Gasteiger partial charge in [0.05, 0.1) is 0 Å². The fourth-order valence-electron chi connectivity index (χ4n) is 0.326. The van der Waals surface area contributed by atoms with E-state index in [1.807, 2.05) is 0 Å². The van der Waals surface area contributed by atoms with Gasteiger partial charge in [-0.2, -0.15) is 0 Å². The molecule has 0 fully saturated rings. The van der Waals surface area contributed by atoms with Gasteiger partial charge in [-0.05, 0) is 0 Å². The molecule has 1 N–H and O–H groups in total. The molecule has 0 atom stereocenters. The molecule has 0 saturated carbocycles. The van der Waals surface area contributed by atoms with Crippen LogP contribution in [0, 0.1) is 0 Å². The quantitative estimate of drug-likeness (QED) is 0.226. The van der Waals surface area contributed by atoms with Crippen molar-refractivity contribution < 1.29 is 88.3 Å². The maximum atomic E-state index is 10.3. The van der Waals surface area contributed by atoms with Gasteiger partial charge in [-0.25, -0.2) is 5.06 Å². The van der Waals surface area contributed by atoms with Crippen molar-refractivity contribution in [1.82, 2.24) is 5.06 Å². The number of rotatable bonds is 3. The van der Waals surface area contributed by atoms with Crippen LogP contribution in [0.5, 0.6) is 0 Å². The summed E-state index contributed by atoms with van der Waals surface area (Å²) < 4.78 is 9.96. The standard InChI is InChI=1S/C4H8NO6P.2Na/c1-3(6)5(8)2-4(7)12(9,10)11;;/h8H,2H2,1H3,(H2,9,10,11);;/q;2*+1/p-2. The molecule has 0 rings (SSSR count). The minimum atomic E-state index is -5.34. The molecule has 0 aromatic heterocycles. The van der Waals surface area contributed by atoms with Gasteiger partial charge in [0.2, 0.25) is 5.91 Å². The van der Waals surface area contributed by atoms with Crippen molar-refractivity contribution in [2.45, 2.75) is 6.92 Å². The third kappa shape index (κ3) is 8.55. The van der Waals surface area contributed by atoms with Crippen molar-refractivity contribution in [3.63, 3.8) is 0 Å². The minimum absolute atomic E-state index is 0. The number of hydrogen-bond donors (Lipinski definition) is 1. The SMILES string of the molecule is CC(=O)N(O)CC(=O)P(=O)([O-])[O-].[Na+].[Na+]. The molecule has 0 aromatic carbocycles. The molecule has 0 radical (unpaired) electrons. The number of amides is 1. The molecule has 7 nitrogen and oxygen atoms in total. The Morgan fingerprint density at radius 2 is 1.71 bits per heavy atom. The summed E-state index contributed by atoms with van der Waals surface area (Å²) in [7, 11) is -5.34. The summed E-state index contributed by atoms with van der Waals surface area (Å²) in [4.78, 5) is 40.5. The molecule has 0 aliphatic rings. The van der Waals surface area contributed by atoms with E-state index in [0.717, 1.165) is 6.92 Å². The van der Waals surface area contributed by atoms with E-state index >= 15 is 0 Å². The summed E-state index contributed by atoms with van der Waals surface area (Å²) in [6, 6.07) is 0. The first-order chi connectivity index (χ1) is 5.25. The van der Waals surface area contributed by atoms with E-state index in [0.29, 0.717) is 0 Å².